The maximum absolute atomic E-state index is 4.75. The minimum absolute atomic E-state index is 0.791. The molecule has 0 saturated carbocycles. The van der Waals surface area contributed by atoms with Crippen LogP contribution in [0.5, 0.6) is 0 Å². The van der Waals surface area contributed by atoms with Crippen LogP contribution in [0.1, 0.15) is 16.7 Å². The largest absolute Gasteiger partial charge is 0.298 e. The SMILES string of the molecule is CN(Cc1ccc(Cn2cccn2)cc1)Cc1ccc2nonc2c1. The normalized spacial score (nSPS) is 11.4. The molecule has 0 spiro atoms. The molecule has 2 aromatic carbocycles. The third-order valence-electron chi connectivity index (χ3n) is 4.15. The van der Waals surface area contributed by atoms with Crippen LogP contribution >= 0.6 is 0 Å². The Bertz CT molecular complexity index is 944. The van der Waals surface area contributed by atoms with Crippen LogP contribution in [0.3, 0.4) is 0 Å². The van der Waals surface area contributed by atoms with Gasteiger partial charge in [-0.3, -0.25) is 9.58 Å². The molecule has 0 N–H and O–H groups in total. The molecule has 25 heavy (non-hydrogen) atoms. The van der Waals surface area contributed by atoms with Crippen molar-refractivity contribution in [2.24, 2.45) is 0 Å². The summed E-state index contributed by atoms with van der Waals surface area (Å²) in [4.78, 5) is 2.27. The van der Waals surface area contributed by atoms with Gasteiger partial charge in [0.2, 0.25) is 0 Å². The molecule has 2 heterocycles. The predicted octanol–water partition coefficient (Wildman–Crippen LogP) is 3.10. The van der Waals surface area contributed by atoms with Crippen LogP contribution in [0.25, 0.3) is 11.0 Å². The number of benzene rings is 2. The maximum atomic E-state index is 4.75. The molecule has 0 aliphatic carbocycles. The number of nitrogens with zero attached hydrogens (tertiary/aromatic N) is 5. The van der Waals surface area contributed by atoms with Gasteiger partial charge in [-0.2, -0.15) is 5.10 Å². The number of hydrogen-bond donors (Lipinski definition) is 0. The molecule has 0 aliphatic heterocycles. The monoisotopic (exact) mass is 333 g/mol. The highest BCUT2D eigenvalue weighted by atomic mass is 16.6. The fourth-order valence-electron chi connectivity index (χ4n) is 2.94. The average Bonchev–Trinajstić information content (AvgIpc) is 3.27. The smallest absolute Gasteiger partial charge is 0.135 e. The van der Waals surface area contributed by atoms with Gasteiger partial charge in [0.25, 0.3) is 0 Å². The zero-order valence-electron chi connectivity index (χ0n) is 14.0. The van der Waals surface area contributed by atoms with Gasteiger partial charge >= 0.3 is 0 Å². The molecule has 0 unspecified atom stereocenters. The molecule has 0 amide bonds. The zero-order chi connectivity index (χ0) is 17.1. The predicted molar refractivity (Wildman–Crippen MR) is 94.7 cm³/mol. The van der Waals surface area contributed by atoms with Crippen LogP contribution in [0.2, 0.25) is 0 Å². The molecule has 2 aromatic heterocycles. The van der Waals surface area contributed by atoms with E-state index in [-0.39, 0.29) is 0 Å². The Morgan fingerprint density at radius 1 is 0.920 bits per heavy atom. The van der Waals surface area contributed by atoms with Crippen molar-refractivity contribution < 1.29 is 4.63 Å². The summed E-state index contributed by atoms with van der Waals surface area (Å²) < 4.78 is 6.68. The van der Waals surface area contributed by atoms with Crippen LogP contribution in [-0.4, -0.2) is 32.0 Å². The molecule has 4 aromatic rings. The summed E-state index contributed by atoms with van der Waals surface area (Å²) in [5, 5.41) is 12.0. The average molecular weight is 333 g/mol. The van der Waals surface area contributed by atoms with E-state index in [0.717, 1.165) is 30.7 Å². The van der Waals surface area contributed by atoms with Crippen LogP contribution in [0, 0.1) is 0 Å². The lowest BCUT2D eigenvalue weighted by Gasteiger charge is -2.17. The van der Waals surface area contributed by atoms with Crippen LogP contribution in [0.4, 0.5) is 0 Å². The van der Waals surface area contributed by atoms with Crippen molar-refractivity contribution in [3.05, 3.63) is 77.6 Å². The van der Waals surface area contributed by atoms with E-state index < -0.39 is 0 Å². The Kier molecular flexibility index (Phi) is 4.26. The minimum Gasteiger partial charge on any atom is -0.298 e. The third kappa shape index (κ3) is 3.75. The molecule has 0 fully saturated rings. The van der Waals surface area contributed by atoms with E-state index in [1.54, 1.807) is 6.20 Å². The van der Waals surface area contributed by atoms with Gasteiger partial charge < -0.3 is 0 Å². The number of hydrogen-bond acceptors (Lipinski definition) is 5. The number of fused-ring (bicyclic) bond motifs is 1. The second-order valence-electron chi connectivity index (χ2n) is 6.28. The highest BCUT2D eigenvalue weighted by molar-refractivity contribution is 5.73. The fraction of sp³-hybridized carbons (Fsp3) is 0.211. The Labute approximate surface area is 145 Å². The summed E-state index contributed by atoms with van der Waals surface area (Å²) in [5.41, 5.74) is 5.32. The molecule has 4 rings (SSSR count). The second kappa shape index (κ2) is 6.86. The Morgan fingerprint density at radius 3 is 2.44 bits per heavy atom. The molecule has 0 saturated heterocycles. The Hall–Kier alpha value is -2.99. The van der Waals surface area contributed by atoms with Gasteiger partial charge in [0.1, 0.15) is 11.0 Å². The number of rotatable bonds is 6. The van der Waals surface area contributed by atoms with E-state index in [2.05, 4.69) is 57.7 Å². The van der Waals surface area contributed by atoms with Crippen molar-refractivity contribution in [1.82, 2.24) is 25.0 Å². The summed E-state index contributed by atoms with van der Waals surface area (Å²) in [7, 11) is 2.11. The minimum atomic E-state index is 0.791. The Morgan fingerprint density at radius 2 is 1.64 bits per heavy atom. The van der Waals surface area contributed by atoms with E-state index in [0.29, 0.717) is 0 Å². The molecule has 0 radical (unpaired) electrons. The highest BCUT2D eigenvalue weighted by Gasteiger charge is 2.06. The third-order valence-corrected chi connectivity index (χ3v) is 4.15. The van der Waals surface area contributed by atoms with Crippen LogP contribution in [0.15, 0.2) is 65.6 Å². The first-order valence-corrected chi connectivity index (χ1v) is 8.21. The quantitative estimate of drug-likeness (QED) is 0.543. The highest BCUT2D eigenvalue weighted by Crippen LogP contribution is 2.14. The molecule has 0 bridgehead atoms. The summed E-state index contributed by atoms with van der Waals surface area (Å²) in [6, 6.07) is 16.7. The molecule has 0 atom stereocenters. The van der Waals surface area contributed by atoms with Crippen LogP contribution < -0.4 is 0 Å². The summed E-state index contributed by atoms with van der Waals surface area (Å²) >= 11 is 0. The van der Waals surface area contributed by atoms with Gasteiger partial charge in [0, 0.05) is 25.5 Å². The first-order chi connectivity index (χ1) is 12.3. The van der Waals surface area contributed by atoms with E-state index in [4.69, 9.17) is 4.63 Å². The van der Waals surface area contributed by atoms with Crippen molar-refractivity contribution in [1.29, 1.82) is 0 Å². The molecule has 6 heteroatoms. The number of aromatic nitrogens is 4. The molecule has 126 valence electrons. The lowest BCUT2D eigenvalue weighted by Crippen LogP contribution is -2.17. The first-order valence-electron chi connectivity index (χ1n) is 8.21. The van der Waals surface area contributed by atoms with Crippen molar-refractivity contribution >= 4 is 11.0 Å². The van der Waals surface area contributed by atoms with Gasteiger partial charge in [-0.05, 0) is 52.3 Å². The lowest BCUT2D eigenvalue weighted by atomic mass is 10.1. The van der Waals surface area contributed by atoms with Crippen molar-refractivity contribution in [2.45, 2.75) is 19.6 Å². The van der Waals surface area contributed by atoms with Crippen LogP contribution in [-0.2, 0) is 19.6 Å². The van der Waals surface area contributed by atoms with Gasteiger partial charge in [0.05, 0.1) is 6.54 Å². The van der Waals surface area contributed by atoms with E-state index >= 15 is 0 Å². The van der Waals surface area contributed by atoms with E-state index in [1.807, 2.05) is 29.1 Å². The van der Waals surface area contributed by atoms with Crippen molar-refractivity contribution in [3.63, 3.8) is 0 Å². The lowest BCUT2D eigenvalue weighted by molar-refractivity contribution is 0.315. The van der Waals surface area contributed by atoms with Crippen molar-refractivity contribution in [3.8, 4) is 0 Å². The summed E-state index contributed by atoms with van der Waals surface area (Å²) in [5.74, 6) is 0. The summed E-state index contributed by atoms with van der Waals surface area (Å²) in [6.45, 7) is 2.53. The summed E-state index contributed by atoms with van der Waals surface area (Å²) in [6.07, 6.45) is 3.78. The fourth-order valence-corrected chi connectivity index (χ4v) is 2.94. The topological polar surface area (TPSA) is 60.0 Å². The first kappa shape index (κ1) is 15.5. The van der Waals surface area contributed by atoms with Gasteiger partial charge in [-0.1, -0.05) is 30.3 Å². The van der Waals surface area contributed by atoms with E-state index in [1.165, 1.54) is 16.7 Å². The van der Waals surface area contributed by atoms with E-state index in [9.17, 15) is 0 Å². The molecule has 6 nitrogen and oxygen atoms in total. The van der Waals surface area contributed by atoms with Gasteiger partial charge in [-0.25, -0.2) is 4.63 Å². The standard InChI is InChI=1S/C19H19N5O/c1-23(13-17-7-8-18-19(11-17)22-25-21-18)12-15-3-5-16(6-4-15)14-24-10-2-9-20-24/h2-11H,12-14H2,1H3. The molecular formula is C19H19N5O. The Balaban J connectivity index is 1.37. The van der Waals surface area contributed by atoms with Crippen molar-refractivity contribution in [2.75, 3.05) is 7.05 Å². The second-order valence-corrected chi connectivity index (χ2v) is 6.28. The zero-order valence-corrected chi connectivity index (χ0v) is 14.0. The molecular weight excluding hydrogens is 314 g/mol. The van der Waals surface area contributed by atoms with Gasteiger partial charge in [0.15, 0.2) is 0 Å². The maximum Gasteiger partial charge on any atom is 0.135 e. The van der Waals surface area contributed by atoms with Gasteiger partial charge in [-0.15, -0.1) is 0 Å². The molecule has 0 aliphatic rings.